The predicted molar refractivity (Wildman–Crippen MR) is 114 cm³/mol. The summed E-state index contributed by atoms with van der Waals surface area (Å²) >= 11 is 0. The lowest BCUT2D eigenvalue weighted by molar-refractivity contribution is -0.122. The third kappa shape index (κ3) is 4.18. The number of halogens is 1. The average molecular weight is 432 g/mol. The van der Waals surface area contributed by atoms with Crippen molar-refractivity contribution in [3.05, 3.63) is 47.7 Å². The second kappa shape index (κ2) is 9.04. The van der Waals surface area contributed by atoms with Crippen LogP contribution < -0.4 is 19.9 Å². The molecular formula is C21H22ClN3O5. The van der Waals surface area contributed by atoms with Crippen LogP contribution in [0, 0.1) is 0 Å². The summed E-state index contributed by atoms with van der Waals surface area (Å²) in [4.78, 5) is 40.5. The zero-order chi connectivity index (χ0) is 20.4. The van der Waals surface area contributed by atoms with Crippen molar-refractivity contribution in [1.82, 2.24) is 5.32 Å². The fraction of sp³-hybridized carbons (Fsp3) is 0.286. The largest absolute Gasteiger partial charge is 0.497 e. The van der Waals surface area contributed by atoms with E-state index in [2.05, 4.69) is 10.2 Å². The van der Waals surface area contributed by atoms with Crippen LogP contribution in [0.25, 0.3) is 6.08 Å². The van der Waals surface area contributed by atoms with E-state index >= 15 is 0 Å². The Bertz CT molecular complexity index is 977. The molecule has 8 nitrogen and oxygen atoms in total. The van der Waals surface area contributed by atoms with E-state index in [1.54, 1.807) is 30.3 Å². The molecule has 9 heteroatoms. The number of amides is 4. The molecule has 1 aromatic heterocycles. The van der Waals surface area contributed by atoms with E-state index in [-0.39, 0.29) is 18.0 Å². The second-order valence-electron chi connectivity index (χ2n) is 6.88. The van der Waals surface area contributed by atoms with Gasteiger partial charge in [-0.05, 0) is 55.7 Å². The summed E-state index contributed by atoms with van der Waals surface area (Å²) in [5.74, 6) is 0.225. The first-order valence-electron chi connectivity index (χ1n) is 9.47. The van der Waals surface area contributed by atoms with Crippen LogP contribution in [0.2, 0.25) is 0 Å². The average Bonchev–Trinajstić information content (AvgIpc) is 3.21. The number of carbonyl (C=O) groups is 3. The van der Waals surface area contributed by atoms with E-state index in [9.17, 15) is 14.4 Å². The molecule has 0 aliphatic carbocycles. The van der Waals surface area contributed by atoms with Crippen LogP contribution in [0.1, 0.15) is 25.0 Å². The van der Waals surface area contributed by atoms with Gasteiger partial charge in [-0.15, -0.1) is 12.4 Å². The summed E-state index contributed by atoms with van der Waals surface area (Å²) in [6.45, 7) is 1.84. The van der Waals surface area contributed by atoms with Crippen molar-refractivity contribution in [2.45, 2.75) is 19.3 Å². The van der Waals surface area contributed by atoms with Crippen LogP contribution in [0.4, 0.5) is 16.4 Å². The maximum Gasteiger partial charge on any atom is 0.335 e. The molecule has 2 aliphatic heterocycles. The van der Waals surface area contributed by atoms with Crippen molar-refractivity contribution < 1.29 is 23.5 Å². The summed E-state index contributed by atoms with van der Waals surface area (Å²) < 4.78 is 10.9. The normalized spacial score (nSPS) is 18.3. The Hall–Kier alpha value is -3.26. The van der Waals surface area contributed by atoms with Crippen molar-refractivity contribution in [1.29, 1.82) is 0 Å². The Kier molecular flexibility index (Phi) is 6.47. The molecule has 2 aromatic rings. The molecule has 2 saturated heterocycles. The lowest BCUT2D eigenvalue weighted by Crippen LogP contribution is -2.54. The van der Waals surface area contributed by atoms with Crippen LogP contribution in [0.15, 0.2) is 46.4 Å². The summed E-state index contributed by atoms with van der Waals surface area (Å²) in [6.07, 6.45) is 4.79. The van der Waals surface area contributed by atoms with Crippen molar-refractivity contribution in [2.75, 3.05) is 30.0 Å². The Morgan fingerprint density at radius 1 is 1.00 bits per heavy atom. The number of hydrogen-bond donors (Lipinski definition) is 1. The standard InChI is InChI=1S/C21H21N3O5.ClH/c1-28-15-7-5-14(6-8-15)24-20(26)17(19(25)22-21(24)27)13-16-9-10-18(29-16)23-11-3-2-4-12-23;/h5-10,13H,2-4,11-12H2,1H3,(H,22,25,27);1H. The first-order valence-corrected chi connectivity index (χ1v) is 9.47. The molecule has 0 bridgehead atoms. The van der Waals surface area contributed by atoms with Gasteiger partial charge < -0.3 is 14.1 Å². The highest BCUT2D eigenvalue weighted by atomic mass is 35.5. The number of furan rings is 1. The third-order valence-electron chi connectivity index (χ3n) is 5.00. The lowest BCUT2D eigenvalue weighted by atomic mass is 10.1. The van der Waals surface area contributed by atoms with Gasteiger partial charge in [-0.25, -0.2) is 9.69 Å². The molecule has 3 heterocycles. The molecular weight excluding hydrogens is 410 g/mol. The lowest BCUT2D eigenvalue weighted by Gasteiger charge is -2.26. The minimum atomic E-state index is -0.796. The zero-order valence-electron chi connectivity index (χ0n) is 16.4. The Morgan fingerprint density at radius 3 is 2.37 bits per heavy atom. The maximum atomic E-state index is 12.9. The molecule has 0 atom stereocenters. The fourth-order valence-corrected chi connectivity index (χ4v) is 3.47. The highest BCUT2D eigenvalue weighted by Crippen LogP contribution is 2.27. The number of imide groups is 2. The Morgan fingerprint density at radius 2 is 1.70 bits per heavy atom. The van der Waals surface area contributed by atoms with Crippen molar-refractivity contribution in [3.63, 3.8) is 0 Å². The Balaban J connectivity index is 0.00000256. The van der Waals surface area contributed by atoms with Gasteiger partial charge in [0.1, 0.15) is 17.1 Å². The molecule has 4 amide bonds. The molecule has 2 aliphatic rings. The minimum absolute atomic E-state index is 0. The SMILES string of the molecule is COc1ccc(N2C(=O)NC(=O)C(=Cc3ccc(N4CCCCC4)o3)C2=O)cc1.Cl. The Labute approximate surface area is 179 Å². The molecule has 0 radical (unpaired) electrons. The quantitative estimate of drug-likeness (QED) is 0.589. The van der Waals surface area contributed by atoms with Crippen molar-refractivity contribution >= 4 is 47.9 Å². The molecule has 1 N–H and O–H groups in total. The highest BCUT2D eigenvalue weighted by Gasteiger charge is 2.37. The summed E-state index contributed by atoms with van der Waals surface area (Å²) in [5, 5.41) is 2.20. The van der Waals surface area contributed by atoms with E-state index in [4.69, 9.17) is 9.15 Å². The van der Waals surface area contributed by atoms with E-state index in [1.165, 1.54) is 19.6 Å². The number of urea groups is 1. The van der Waals surface area contributed by atoms with Crippen LogP contribution in [-0.2, 0) is 9.59 Å². The number of methoxy groups -OCH3 is 1. The molecule has 30 heavy (non-hydrogen) atoms. The number of hydrogen-bond acceptors (Lipinski definition) is 6. The van der Waals surface area contributed by atoms with Crippen molar-refractivity contribution in [3.8, 4) is 5.75 Å². The molecule has 4 rings (SSSR count). The molecule has 0 unspecified atom stereocenters. The monoisotopic (exact) mass is 431 g/mol. The number of carbonyl (C=O) groups excluding carboxylic acids is 3. The van der Waals surface area contributed by atoms with Gasteiger partial charge in [0.15, 0.2) is 5.88 Å². The topological polar surface area (TPSA) is 92.1 Å². The van der Waals surface area contributed by atoms with E-state index < -0.39 is 17.8 Å². The first kappa shape index (κ1) is 21.4. The second-order valence-corrected chi connectivity index (χ2v) is 6.88. The van der Waals surface area contributed by atoms with E-state index in [1.807, 2.05) is 6.07 Å². The molecule has 158 valence electrons. The molecule has 0 saturated carbocycles. The van der Waals surface area contributed by atoms with Crippen LogP contribution in [-0.4, -0.2) is 38.0 Å². The zero-order valence-corrected chi connectivity index (χ0v) is 17.2. The fourth-order valence-electron chi connectivity index (χ4n) is 3.47. The highest BCUT2D eigenvalue weighted by molar-refractivity contribution is 6.39. The summed E-state index contributed by atoms with van der Waals surface area (Å²) in [6, 6.07) is 9.16. The maximum absolute atomic E-state index is 12.9. The molecule has 1 aromatic carbocycles. The van der Waals surface area contributed by atoms with Gasteiger partial charge in [0.2, 0.25) is 0 Å². The van der Waals surface area contributed by atoms with E-state index in [0.717, 1.165) is 30.8 Å². The summed E-state index contributed by atoms with van der Waals surface area (Å²) in [5.41, 5.74) is 0.167. The van der Waals surface area contributed by atoms with Crippen molar-refractivity contribution in [2.24, 2.45) is 0 Å². The third-order valence-corrected chi connectivity index (χ3v) is 5.00. The minimum Gasteiger partial charge on any atom is -0.497 e. The molecule has 0 spiro atoms. The van der Waals surface area contributed by atoms with Gasteiger partial charge in [-0.1, -0.05) is 0 Å². The number of ether oxygens (including phenoxy) is 1. The predicted octanol–water partition coefficient (Wildman–Crippen LogP) is 3.37. The van der Waals surface area contributed by atoms with E-state index in [0.29, 0.717) is 23.1 Å². The number of piperidine rings is 1. The summed E-state index contributed by atoms with van der Waals surface area (Å²) in [7, 11) is 1.52. The number of nitrogens with one attached hydrogen (secondary N) is 1. The van der Waals surface area contributed by atoms with Gasteiger partial charge in [0, 0.05) is 19.2 Å². The number of rotatable bonds is 4. The van der Waals surface area contributed by atoms with Crippen LogP contribution in [0.3, 0.4) is 0 Å². The van der Waals surface area contributed by atoms with Crippen LogP contribution in [0.5, 0.6) is 5.75 Å². The van der Waals surface area contributed by atoms with Gasteiger partial charge >= 0.3 is 6.03 Å². The first-order chi connectivity index (χ1) is 14.1. The molecule has 2 fully saturated rings. The van der Waals surface area contributed by atoms with Gasteiger partial charge in [0.05, 0.1) is 12.8 Å². The number of benzene rings is 1. The van der Waals surface area contributed by atoms with Gasteiger partial charge in [-0.2, -0.15) is 0 Å². The smallest absolute Gasteiger partial charge is 0.335 e. The number of nitrogens with zero attached hydrogens (tertiary/aromatic N) is 2. The number of anilines is 2. The van der Waals surface area contributed by atoms with Gasteiger partial charge in [-0.3, -0.25) is 14.9 Å². The van der Waals surface area contributed by atoms with Crippen LogP contribution >= 0.6 is 12.4 Å². The number of barbiturate groups is 1. The van der Waals surface area contributed by atoms with Gasteiger partial charge in [0.25, 0.3) is 11.8 Å².